The number of fused-ring (bicyclic) bond motifs is 3. The minimum Gasteiger partial charge on any atom is -0.361 e. The highest BCUT2D eigenvalue weighted by atomic mass is 28.3. The van der Waals surface area contributed by atoms with Crippen molar-refractivity contribution in [2.45, 2.75) is 39.0 Å². The van der Waals surface area contributed by atoms with E-state index in [-0.39, 0.29) is 18.2 Å². The Balaban J connectivity index is 1.65. The molecule has 1 amide bonds. The topological polar surface area (TPSA) is 51.5 Å². The number of ether oxygens (including phenoxy) is 1. The zero-order chi connectivity index (χ0) is 21.3. The molecule has 0 radical (unpaired) electrons. The van der Waals surface area contributed by atoms with Gasteiger partial charge in [-0.3, -0.25) is 9.59 Å². The number of Topliss-reactive ketones (excluding diaryl/α,β-unsaturated/α-hetero) is 1. The molecule has 0 N–H and O–H groups in total. The third-order valence-corrected chi connectivity index (χ3v) is 7.26. The van der Waals surface area contributed by atoms with Crippen molar-refractivity contribution in [2.24, 2.45) is 0 Å². The van der Waals surface area contributed by atoms with Gasteiger partial charge in [-0.15, -0.1) is 0 Å². The molecule has 0 aliphatic carbocycles. The Hall–Kier alpha value is -2.70. The molecule has 1 aromatic heterocycles. The largest absolute Gasteiger partial charge is 0.361 e. The molecule has 0 bridgehead atoms. The van der Waals surface area contributed by atoms with Gasteiger partial charge in [0.05, 0.1) is 29.9 Å². The molecule has 0 fully saturated rings. The smallest absolute Gasteiger partial charge is 0.254 e. The second-order valence-electron chi connectivity index (χ2n) is 9.07. The highest BCUT2D eigenvalue weighted by Crippen LogP contribution is 2.31. The van der Waals surface area contributed by atoms with Crippen LogP contribution in [-0.2, 0) is 18.0 Å². The molecule has 4 rings (SSSR count). The number of carbonyl (C=O) groups is 2. The van der Waals surface area contributed by atoms with Crippen molar-refractivity contribution in [2.75, 3.05) is 13.2 Å². The first kappa shape index (κ1) is 20.6. The summed E-state index contributed by atoms with van der Waals surface area (Å²) in [5, 5.41) is 0.943. The Kier molecular flexibility index (Phi) is 5.62. The lowest BCUT2D eigenvalue weighted by molar-refractivity contribution is 0.0646. The number of carbonyl (C=O) groups excluding carboxylic acids is 2. The number of para-hydroxylation sites is 1. The first-order chi connectivity index (χ1) is 14.3. The van der Waals surface area contributed by atoms with Crippen LogP contribution in [0, 0.1) is 0 Å². The monoisotopic (exact) mass is 420 g/mol. The highest BCUT2D eigenvalue weighted by Gasteiger charge is 2.32. The molecule has 6 heteroatoms. The number of aromatic nitrogens is 1. The molecule has 3 aromatic rings. The van der Waals surface area contributed by atoms with Crippen molar-refractivity contribution >= 4 is 30.7 Å². The van der Waals surface area contributed by atoms with Crippen LogP contribution < -0.4 is 0 Å². The maximum Gasteiger partial charge on any atom is 0.254 e. The van der Waals surface area contributed by atoms with Crippen molar-refractivity contribution in [1.82, 2.24) is 9.47 Å². The van der Waals surface area contributed by atoms with Crippen LogP contribution in [-0.4, -0.2) is 42.4 Å². The van der Waals surface area contributed by atoms with E-state index in [4.69, 9.17) is 4.74 Å². The van der Waals surface area contributed by atoms with Gasteiger partial charge >= 0.3 is 0 Å². The van der Waals surface area contributed by atoms with Gasteiger partial charge in [0.25, 0.3) is 5.91 Å². The van der Waals surface area contributed by atoms with Crippen LogP contribution in [0.15, 0.2) is 54.6 Å². The van der Waals surface area contributed by atoms with Crippen LogP contribution in [0.5, 0.6) is 0 Å². The normalized spacial score (nSPS) is 14.2. The Morgan fingerprint density at radius 1 is 1.00 bits per heavy atom. The average molecular weight is 421 g/mol. The van der Waals surface area contributed by atoms with Crippen LogP contribution >= 0.6 is 0 Å². The minimum absolute atomic E-state index is 0.0161. The fourth-order valence-electron chi connectivity index (χ4n) is 3.91. The number of amides is 1. The van der Waals surface area contributed by atoms with Crippen LogP contribution in [0.25, 0.3) is 10.9 Å². The Bertz CT molecular complexity index is 1080. The summed E-state index contributed by atoms with van der Waals surface area (Å²) < 4.78 is 8.09. The van der Waals surface area contributed by atoms with Gasteiger partial charge in [-0.05, 0) is 24.2 Å². The average Bonchev–Trinajstić information content (AvgIpc) is 3.04. The van der Waals surface area contributed by atoms with Gasteiger partial charge in [0, 0.05) is 25.6 Å². The van der Waals surface area contributed by atoms with E-state index in [2.05, 4.69) is 24.2 Å². The second-order valence-corrected chi connectivity index (χ2v) is 14.7. The van der Waals surface area contributed by atoms with E-state index < -0.39 is 8.07 Å². The van der Waals surface area contributed by atoms with Crippen molar-refractivity contribution in [3.63, 3.8) is 0 Å². The Morgan fingerprint density at radius 2 is 1.70 bits per heavy atom. The van der Waals surface area contributed by atoms with E-state index in [1.54, 1.807) is 17.0 Å². The number of nitrogens with zero attached hydrogens (tertiary/aromatic N) is 2. The van der Waals surface area contributed by atoms with E-state index in [1.165, 1.54) is 0 Å². The van der Waals surface area contributed by atoms with Crippen molar-refractivity contribution in [3.8, 4) is 0 Å². The maximum absolute atomic E-state index is 13.1. The van der Waals surface area contributed by atoms with Crippen LogP contribution in [0.3, 0.4) is 0 Å². The predicted molar refractivity (Wildman–Crippen MR) is 122 cm³/mol. The minimum atomic E-state index is -1.18. The van der Waals surface area contributed by atoms with Crippen LogP contribution in [0.4, 0.5) is 0 Å². The molecule has 0 saturated carbocycles. The van der Waals surface area contributed by atoms with Crippen LogP contribution in [0.1, 0.15) is 26.4 Å². The summed E-state index contributed by atoms with van der Waals surface area (Å²) >= 11 is 0. The molecule has 5 nitrogen and oxygen atoms in total. The number of ketones is 1. The fraction of sp³-hybridized carbons (Fsp3) is 0.333. The molecular formula is C24H28N2O3Si. The van der Waals surface area contributed by atoms with Gasteiger partial charge in [-0.1, -0.05) is 56.0 Å². The van der Waals surface area contributed by atoms with E-state index in [1.807, 2.05) is 42.5 Å². The molecular weight excluding hydrogens is 392 g/mol. The molecule has 1 aliphatic rings. The zero-order valence-electron chi connectivity index (χ0n) is 17.9. The summed E-state index contributed by atoms with van der Waals surface area (Å²) in [6, 6.07) is 18.2. The Labute approximate surface area is 178 Å². The van der Waals surface area contributed by atoms with E-state index in [0.29, 0.717) is 25.4 Å². The molecule has 156 valence electrons. The summed E-state index contributed by atoms with van der Waals surface area (Å²) in [6.07, 6.45) is 0. The number of benzene rings is 2. The molecule has 0 unspecified atom stereocenters. The first-order valence-corrected chi connectivity index (χ1v) is 14.1. The van der Waals surface area contributed by atoms with Gasteiger partial charge < -0.3 is 14.2 Å². The van der Waals surface area contributed by atoms with E-state index in [0.717, 1.165) is 28.2 Å². The maximum atomic E-state index is 13.1. The van der Waals surface area contributed by atoms with E-state index >= 15 is 0 Å². The summed E-state index contributed by atoms with van der Waals surface area (Å²) in [4.78, 5) is 27.7. The number of hydrogen-bond donors (Lipinski definition) is 0. The zero-order valence-corrected chi connectivity index (χ0v) is 18.9. The summed E-state index contributed by atoms with van der Waals surface area (Å²) in [5.41, 5.74) is 3.18. The SMILES string of the molecule is C[Si](C)(C)CCOCn1c2c(c3ccccc31)C(=O)CN(C(=O)c1ccccc1)C2. The summed E-state index contributed by atoms with van der Waals surface area (Å²) in [6.45, 7) is 8.59. The molecule has 2 aromatic carbocycles. The van der Waals surface area contributed by atoms with Crippen molar-refractivity contribution < 1.29 is 14.3 Å². The molecule has 0 saturated heterocycles. The van der Waals surface area contributed by atoms with E-state index in [9.17, 15) is 9.59 Å². The third-order valence-electron chi connectivity index (χ3n) is 5.56. The van der Waals surface area contributed by atoms with Gasteiger partial charge in [0.2, 0.25) is 0 Å². The molecule has 2 heterocycles. The molecule has 0 atom stereocenters. The lowest BCUT2D eigenvalue weighted by Gasteiger charge is -2.28. The lowest BCUT2D eigenvalue weighted by atomic mass is 10.0. The predicted octanol–water partition coefficient (Wildman–Crippen LogP) is 4.79. The summed E-state index contributed by atoms with van der Waals surface area (Å²) in [5.74, 6) is -0.136. The quantitative estimate of drug-likeness (QED) is 0.425. The first-order valence-electron chi connectivity index (χ1n) is 10.4. The highest BCUT2D eigenvalue weighted by molar-refractivity contribution is 6.76. The number of hydrogen-bond acceptors (Lipinski definition) is 3. The lowest BCUT2D eigenvalue weighted by Crippen LogP contribution is -2.40. The van der Waals surface area contributed by atoms with Gasteiger partial charge in [0.1, 0.15) is 6.73 Å². The fourth-order valence-corrected chi connectivity index (χ4v) is 4.67. The van der Waals surface area contributed by atoms with Crippen molar-refractivity contribution in [3.05, 3.63) is 71.4 Å². The molecule has 1 aliphatic heterocycles. The molecule has 0 spiro atoms. The van der Waals surface area contributed by atoms with Crippen LogP contribution in [0.2, 0.25) is 25.7 Å². The van der Waals surface area contributed by atoms with Gasteiger partial charge in [0.15, 0.2) is 5.78 Å². The van der Waals surface area contributed by atoms with Crippen molar-refractivity contribution in [1.29, 1.82) is 0 Å². The third kappa shape index (κ3) is 4.11. The standard InChI is InChI=1S/C24H28N2O3Si/c1-30(2,3)14-13-29-17-26-20-12-8-7-11-19(20)23-21(26)15-25(16-22(23)27)24(28)18-9-5-4-6-10-18/h4-12H,13-17H2,1-3H3. The Morgan fingerprint density at radius 3 is 2.43 bits per heavy atom. The van der Waals surface area contributed by atoms with Gasteiger partial charge in [-0.25, -0.2) is 0 Å². The second kappa shape index (κ2) is 8.20. The van der Waals surface area contributed by atoms with Gasteiger partial charge in [-0.2, -0.15) is 0 Å². The number of rotatable bonds is 6. The summed E-state index contributed by atoms with van der Waals surface area (Å²) in [7, 11) is -1.18. The molecule has 30 heavy (non-hydrogen) atoms.